The number of aromatic nitrogens is 2. The van der Waals surface area contributed by atoms with Crippen molar-refractivity contribution >= 4 is 44.8 Å². The van der Waals surface area contributed by atoms with E-state index in [1.807, 2.05) is 24.8 Å². The van der Waals surface area contributed by atoms with Crippen molar-refractivity contribution in [2.45, 2.75) is 20.4 Å². The van der Waals surface area contributed by atoms with E-state index in [-0.39, 0.29) is 23.0 Å². The molecule has 0 atom stereocenters. The topological polar surface area (TPSA) is 38.2 Å². The van der Waals surface area contributed by atoms with Gasteiger partial charge in [-0.3, -0.25) is 4.98 Å². The molecule has 8 heteroatoms. The van der Waals surface area contributed by atoms with Crippen molar-refractivity contribution in [2.24, 2.45) is 0 Å². The van der Waals surface area contributed by atoms with Crippen LogP contribution in [-0.4, -0.2) is 16.5 Å². The fourth-order valence-corrected chi connectivity index (χ4v) is 3.14. The van der Waals surface area contributed by atoms with E-state index in [0.717, 1.165) is 29.2 Å². The predicted octanol–water partition coefficient (Wildman–Crippen LogP) is 5.73. The number of hydrogen-bond donors (Lipinski definition) is 0. The summed E-state index contributed by atoms with van der Waals surface area (Å²) in [4.78, 5) is 9.89. The van der Waals surface area contributed by atoms with Crippen LogP contribution in [0.2, 0.25) is 5.02 Å². The summed E-state index contributed by atoms with van der Waals surface area (Å²) in [6.45, 7) is 1.69. The number of allylic oxidation sites excluding steroid dienone is 2. The van der Waals surface area contributed by atoms with Crippen molar-refractivity contribution in [1.82, 2.24) is 9.97 Å². The third-order valence-corrected chi connectivity index (χ3v) is 4.76. The van der Waals surface area contributed by atoms with Gasteiger partial charge in [0, 0.05) is 23.7 Å². The van der Waals surface area contributed by atoms with E-state index < -0.39 is 12.4 Å². The second-order valence-corrected chi connectivity index (χ2v) is 7.30. The highest BCUT2D eigenvalue weighted by Gasteiger charge is 2.21. The van der Waals surface area contributed by atoms with Crippen molar-refractivity contribution in [3.8, 4) is 0 Å². The van der Waals surface area contributed by atoms with E-state index >= 15 is 0 Å². The van der Waals surface area contributed by atoms with Crippen LogP contribution in [0.1, 0.15) is 20.9 Å². The molecule has 0 aliphatic carbocycles. The van der Waals surface area contributed by atoms with E-state index in [1.165, 1.54) is 0 Å². The molecule has 0 unspecified atom stereocenters. The molecule has 3 heterocycles. The molecule has 0 saturated carbocycles. The standard InChI is InChI=1S/C18H15BrCl2FN3O/c1-10-6-24-18(19)5-16(10)25-8-14(21)17(3-11(25)2)26-9-15-13(20)4-12(22)7-23-15/h3-7H,8-9H2,1-2H3/i9D2. The number of hydrogen-bond acceptors (Lipinski definition) is 4. The number of halogens is 4. The molecule has 0 aromatic carbocycles. The van der Waals surface area contributed by atoms with Gasteiger partial charge in [0.05, 0.1) is 31.2 Å². The highest BCUT2D eigenvalue weighted by molar-refractivity contribution is 9.10. The first-order chi connectivity index (χ1) is 13.1. The number of ether oxygens (including phenoxy) is 1. The van der Waals surface area contributed by atoms with Crippen LogP contribution in [-0.2, 0) is 11.3 Å². The maximum atomic E-state index is 13.2. The Morgan fingerprint density at radius 3 is 2.81 bits per heavy atom. The minimum absolute atomic E-state index is 0.161. The number of rotatable bonds is 4. The molecule has 1 aliphatic rings. The van der Waals surface area contributed by atoms with Gasteiger partial charge < -0.3 is 9.64 Å². The lowest BCUT2D eigenvalue weighted by Gasteiger charge is -2.30. The van der Waals surface area contributed by atoms with Gasteiger partial charge in [-0.1, -0.05) is 23.2 Å². The van der Waals surface area contributed by atoms with Crippen molar-refractivity contribution in [3.63, 3.8) is 0 Å². The molecule has 0 N–H and O–H groups in total. The van der Waals surface area contributed by atoms with Gasteiger partial charge in [0.2, 0.25) is 0 Å². The Balaban J connectivity index is 1.89. The Morgan fingerprint density at radius 1 is 1.31 bits per heavy atom. The fourth-order valence-electron chi connectivity index (χ4n) is 2.42. The summed E-state index contributed by atoms with van der Waals surface area (Å²) in [5.41, 5.74) is 2.45. The lowest BCUT2D eigenvalue weighted by atomic mass is 10.1. The second kappa shape index (κ2) is 7.94. The third kappa shape index (κ3) is 4.19. The molecule has 0 saturated heterocycles. The highest BCUT2D eigenvalue weighted by Crippen LogP contribution is 2.32. The van der Waals surface area contributed by atoms with Gasteiger partial charge in [-0.25, -0.2) is 9.37 Å². The Bertz CT molecular complexity index is 1000. The van der Waals surface area contributed by atoms with Crippen molar-refractivity contribution in [1.29, 1.82) is 0 Å². The van der Waals surface area contributed by atoms with Crippen LogP contribution in [0, 0.1) is 12.7 Å². The van der Waals surface area contributed by atoms with Gasteiger partial charge in [-0.15, -0.1) is 0 Å². The SMILES string of the molecule is [2H]C([2H])(OC1=C(Cl)CN(c2cc(Br)ncc2C)C(C)=C1)c1ncc(F)cc1Cl. The molecule has 0 spiro atoms. The molecule has 3 rings (SSSR count). The summed E-state index contributed by atoms with van der Waals surface area (Å²) in [6, 6.07) is 2.86. The molecule has 26 heavy (non-hydrogen) atoms. The molecule has 2 aromatic rings. The number of anilines is 1. The Kier molecular flexibility index (Phi) is 5.05. The molecule has 0 bridgehead atoms. The zero-order chi connectivity index (χ0) is 20.6. The van der Waals surface area contributed by atoms with Gasteiger partial charge in [-0.2, -0.15) is 0 Å². The van der Waals surface area contributed by atoms with Gasteiger partial charge in [0.25, 0.3) is 0 Å². The summed E-state index contributed by atoms with van der Waals surface area (Å²) in [5.74, 6) is -0.502. The second-order valence-electron chi connectivity index (χ2n) is 5.62. The van der Waals surface area contributed by atoms with Crippen molar-refractivity contribution in [2.75, 3.05) is 11.4 Å². The zero-order valence-corrected chi connectivity index (χ0v) is 17.0. The molecule has 0 radical (unpaired) electrons. The smallest absolute Gasteiger partial charge is 0.142 e. The van der Waals surface area contributed by atoms with E-state index in [2.05, 4.69) is 25.9 Å². The average molecular weight is 461 g/mol. The quantitative estimate of drug-likeness (QED) is 0.546. The first-order valence-corrected chi connectivity index (χ1v) is 9.10. The number of aryl methyl sites for hydroxylation is 1. The first kappa shape index (κ1) is 16.5. The van der Waals surface area contributed by atoms with E-state index in [4.69, 9.17) is 30.7 Å². The molecule has 0 fully saturated rings. The van der Waals surface area contributed by atoms with Crippen LogP contribution >= 0.6 is 39.1 Å². The summed E-state index contributed by atoms with van der Waals surface area (Å²) in [5, 5.41) is 0.136. The third-order valence-electron chi connectivity index (χ3n) is 3.73. The normalized spacial score (nSPS) is 16.2. The molecule has 2 aromatic heterocycles. The summed E-state index contributed by atoms with van der Waals surface area (Å²) >= 11 is 15.7. The van der Waals surface area contributed by atoms with Crippen LogP contribution in [0.15, 0.2) is 51.7 Å². The van der Waals surface area contributed by atoms with Crippen molar-refractivity contribution < 1.29 is 11.9 Å². The van der Waals surface area contributed by atoms with E-state index in [0.29, 0.717) is 9.64 Å². The molecule has 4 nitrogen and oxygen atoms in total. The minimum Gasteiger partial charge on any atom is -0.486 e. The molecule has 1 aliphatic heterocycles. The zero-order valence-electron chi connectivity index (χ0n) is 15.9. The number of nitrogens with zero attached hydrogens (tertiary/aromatic N) is 3. The van der Waals surface area contributed by atoms with Gasteiger partial charge in [0.15, 0.2) is 0 Å². The maximum absolute atomic E-state index is 13.2. The lowest BCUT2D eigenvalue weighted by molar-refractivity contribution is 0.204. The maximum Gasteiger partial charge on any atom is 0.142 e. The van der Waals surface area contributed by atoms with Crippen LogP contribution in [0.25, 0.3) is 0 Å². The van der Waals surface area contributed by atoms with Crippen LogP contribution < -0.4 is 4.90 Å². The van der Waals surface area contributed by atoms with Gasteiger partial charge in [0.1, 0.15) is 22.7 Å². The van der Waals surface area contributed by atoms with Crippen molar-refractivity contribution in [3.05, 3.63) is 73.8 Å². The molecule has 0 amide bonds. The Morgan fingerprint density at radius 2 is 2.08 bits per heavy atom. The largest absolute Gasteiger partial charge is 0.486 e. The predicted molar refractivity (Wildman–Crippen MR) is 105 cm³/mol. The Hall–Kier alpha value is -1.63. The minimum atomic E-state index is -2.39. The fraction of sp³-hybridized carbons (Fsp3) is 0.222. The molecular weight excluding hydrogens is 444 g/mol. The van der Waals surface area contributed by atoms with Crippen LogP contribution in [0.4, 0.5) is 10.1 Å². The number of pyridine rings is 2. The van der Waals surface area contributed by atoms with E-state index in [9.17, 15) is 4.39 Å². The van der Waals surface area contributed by atoms with Gasteiger partial charge in [-0.05, 0) is 47.5 Å². The van der Waals surface area contributed by atoms with Gasteiger partial charge >= 0.3 is 0 Å². The monoisotopic (exact) mass is 459 g/mol. The molecular formula is C18H15BrCl2FN3O. The summed E-state index contributed by atoms with van der Waals surface area (Å²) in [6.07, 6.45) is 4.26. The summed E-state index contributed by atoms with van der Waals surface area (Å²) in [7, 11) is 0. The lowest BCUT2D eigenvalue weighted by Crippen LogP contribution is -2.27. The highest BCUT2D eigenvalue weighted by atomic mass is 79.9. The van der Waals surface area contributed by atoms with Crippen LogP contribution in [0.3, 0.4) is 0 Å². The van der Waals surface area contributed by atoms with Crippen LogP contribution in [0.5, 0.6) is 0 Å². The molecule has 136 valence electrons. The first-order valence-electron chi connectivity index (χ1n) is 8.55. The Labute approximate surface area is 172 Å². The van der Waals surface area contributed by atoms with E-state index in [1.54, 1.807) is 12.3 Å². The average Bonchev–Trinajstić information content (AvgIpc) is 2.59. The summed E-state index contributed by atoms with van der Waals surface area (Å²) < 4.78 is 35.7.